The molecule has 0 bridgehead atoms. The lowest BCUT2D eigenvalue weighted by atomic mass is 10.1. The second-order valence-electron chi connectivity index (χ2n) is 7.27. The van der Waals surface area contributed by atoms with E-state index in [9.17, 15) is 4.79 Å². The molecule has 0 unspecified atom stereocenters. The number of benzene rings is 2. The quantitative estimate of drug-likeness (QED) is 0.587. The molecule has 0 spiro atoms. The van der Waals surface area contributed by atoms with Crippen LogP contribution in [0.15, 0.2) is 57.4 Å². The summed E-state index contributed by atoms with van der Waals surface area (Å²) in [7, 11) is 0. The Balaban J connectivity index is 1.29. The van der Waals surface area contributed by atoms with Gasteiger partial charge in [0.05, 0.1) is 13.0 Å². The van der Waals surface area contributed by atoms with E-state index in [1.165, 1.54) is 0 Å². The van der Waals surface area contributed by atoms with Gasteiger partial charge in [-0.25, -0.2) is 0 Å². The lowest BCUT2D eigenvalue weighted by Gasteiger charge is -2.34. The summed E-state index contributed by atoms with van der Waals surface area (Å²) in [6, 6.07) is 15.9. The van der Waals surface area contributed by atoms with Crippen LogP contribution in [0.4, 0.5) is 0 Å². The molecule has 1 aromatic heterocycles. The third-order valence-corrected chi connectivity index (χ3v) is 5.77. The smallest absolute Gasteiger partial charge is 0.247 e. The van der Waals surface area contributed by atoms with Crippen molar-refractivity contribution in [2.75, 3.05) is 26.2 Å². The first kappa shape index (κ1) is 19.8. The molecule has 1 fully saturated rings. The van der Waals surface area contributed by atoms with Crippen molar-refractivity contribution in [3.8, 4) is 11.5 Å². The molecule has 1 aliphatic heterocycles. The first-order chi connectivity index (χ1) is 14.1. The fourth-order valence-electron chi connectivity index (χ4n) is 3.46. The summed E-state index contributed by atoms with van der Waals surface area (Å²) >= 11 is 3.42. The van der Waals surface area contributed by atoms with Crippen LogP contribution in [0.1, 0.15) is 17.0 Å². The van der Waals surface area contributed by atoms with Gasteiger partial charge >= 0.3 is 0 Å². The highest BCUT2D eigenvalue weighted by atomic mass is 79.9. The highest BCUT2D eigenvalue weighted by molar-refractivity contribution is 9.10. The molecule has 1 amide bonds. The number of amides is 1. The normalized spacial score (nSPS) is 14.9. The maximum Gasteiger partial charge on any atom is 0.247 e. The van der Waals surface area contributed by atoms with E-state index in [1.54, 1.807) is 0 Å². The SMILES string of the molecule is Cc1ccccc1CC(=O)N1CCN(Cc2nnc(-c3ccc(Br)cc3)o2)CC1. The maximum absolute atomic E-state index is 12.6. The van der Waals surface area contributed by atoms with Gasteiger partial charge in [0.2, 0.25) is 17.7 Å². The summed E-state index contributed by atoms with van der Waals surface area (Å²) in [6.45, 7) is 5.69. The number of aromatic nitrogens is 2. The highest BCUT2D eigenvalue weighted by Crippen LogP contribution is 2.21. The zero-order valence-corrected chi connectivity index (χ0v) is 17.9. The van der Waals surface area contributed by atoms with E-state index in [0.717, 1.165) is 47.3 Å². The predicted molar refractivity (Wildman–Crippen MR) is 114 cm³/mol. The summed E-state index contributed by atoms with van der Waals surface area (Å²) in [5.41, 5.74) is 3.17. The zero-order chi connectivity index (χ0) is 20.2. The van der Waals surface area contributed by atoms with Crippen molar-refractivity contribution < 1.29 is 9.21 Å². The summed E-state index contributed by atoms with van der Waals surface area (Å²) in [4.78, 5) is 16.8. The molecule has 2 heterocycles. The second-order valence-corrected chi connectivity index (χ2v) is 8.18. The Bertz CT molecular complexity index is 978. The molecule has 0 saturated carbocycles. The first-order valence-electron chi connectivity index (χ1n) is 9.71. The van der Waals surface area contributed by atoms with Crippen LogP contribution in [0.2, 0.25) is 0 Å². The van der Waals surface area contributed by atoms with E-state index in [4.69, 9.17) is 4.42 Å². The Labute approximate surface area is 178 Å². The van der Waals surface area contributed by atoms with E-state index in [0.29, 0.717) is 24.7 Å². The van der Waals surface area contributed by atoms with Crippen molar-refractivity contribution in [1.29, 1.82) is 0 Å². The number of carbonyl (C=O) groups is 1. The van der Waals surface area contributed by atoms with E-state index < -0.39 is 0 Å². The molecule has 1 aliphatic rings. The minimum atomic E-state index is 0.189. The molecule has 1 saturated heterocycles. The highest BCUT2D eigenvalue weighted by Gasteiger charge is 2.23. The number of halogens is 1. The Morgan fingerprint density at radius 2 is 1.76 bits per heavy atom. The second kappa shape index (κ2) is 8.88. The van der Waals surface area contributed by atoms with Gasteiger partial charge in [-0.1, -0.05) is 40.2 Å². The molecule has 150 valence electrons. The van der Waals surface area contributed by atoms with Crippen molar-refractivity contribution in [3.63, 3.8) is 0 Å². The van der Waals surface area contributed by atoms with Gasteiger partial charge in [-0.05, 0) is 42.3 Å². The van der Waals surface area contributed by atoms with Crippen molar-refractivity contribution in [2.24, 2.45) is 0 Å². The molecule has 2 aromatic carbocycles. The standard InChI is InChI=1S/C22H23BrN4O2/c1-16-4-2-3-5-18(16)14-21(28)27-12-10-26(11-13-27)15-20-24-25-22(29-20)17-6-8-19(23)9-7-17/h2-9H,10-15H2,1H3. The van der Waals surface area contributed by atoms with Gasteiger partial charge in [-0.2, -0.15) is 0 Å². The molecule has 6 nitrogen and oxygen atoms in total. The average molecular weight is 455 g/mol. The van der Waals surface area contributed by atoms with Crippen LogP contribution in [0.25, 0.3) is 11.5 Å². The number of nitrogens with zero attached hydrogens (tertiary/aromatic N) is 4. The van der Waals surface area contributed by atoms with Gasteiger partial charge in [0.1, 0.15) is 0 Å². The molecule has 0 radical (unpaired) electrons. The fourth-order valence-corrected chi connectivity index (χ4v) is 3.72. The van der Waals surface area contributed by atoms with E-state index in [1.807, 2.05) is 60.4 Å². The van der Waals surface area contributed by atoms with E-state index in [2.05, 4.69) is 31.0 Å². The van der Waals surface area contributed by atoms with Crippen molar-refractivity contribution in [2.45, 2.75) is 19.9 Å². The Hall–Kier alpha value is -2.51. The van der Waals surface area contributed by atoms with Crippen LogP contribution in [0.3, 0.4) is 0 Å². The van der Waals surface area contributed by atoms with Crippen molar-refractivity contribution >= 4 is 21.8 Å². The van der Waals surface area contributed by atoms with Crippen molar-refractivity contribution in [1.82, 2.24) is 20.0 Å². The Morgan fingerprint density at radius 1 is 1.03 bits per heavy atom. The number of carbonyl (C=O) groups excluding carboxylic acids is 1. The van der Waals surface area contributed by atoms with Crippen LogP contribution in [-0.2, 0) is 17.8 Å². The summed E-state index contributed by atoms with van der Waals surface area (Å²) < 4.78 is 6.83. The summed E-state index contributed by atoms with van der Waals surface area (Å²) in [6.07, 6.45) is 0.465. The zero-order valence-electron chi connectivity index (χ0n) is 16.3. The lowest BCUT2D eigenvalue weighted by molar-refractivity contribution is -0.132. The van der Waals surface area contributed by atoms with Crippen molar-refractivity contribution in [3.05, 3.63) is 70.0 Å². The van der Waals surface area contributed by atoms with Crippen LogP contribution < -0.4 is 0 Å². The molecular weight excluding hydrogens is 432 g/mol. The predicted octanol–water partition coefficient (Wildman–Crippen LogP) is 3.69. The Kier molecular flexibility index (Phi) is 6.06. The monoisotopic (exact) mass is 454 g/mol. The molecule has 29 heavy (non-hydrogen) atoms. The summed E-state index contributed by atoms with van der Waals surface area (Å²) in [5.74, 6) is 1.32. The van der Waals surface area contributed by atoms with Gasteiger partial charge in [-0.3, -0.25) is 9.69 Å². The molecule has 4 rings (SSSR count). The fraction of sp³-hybridized carbons (Fsp3) is 0.318. The lowest BCUT2D eigenvalue weighted by Crippen LogP contribution is -2.48. The van der Waals surface area contributed by atoms with Gasteiger partial charge in [0, 0.05) is 36.2 Å². The van der Waals surface area contributed by atoms with Gasteiger partial charge in [0.15, 0.2) is 0 Å². The first-order valence-corrected chi connectivity index (χ1v) is 10.5. The number of hydrogen-bond acceptors (Lipinski definition) is 5. The summed E-state index contributed by atoms with van der Waals surface area (Å²) in [5, 5.41) is 8.33. The average Bonchev–Trinajstić information content (AvgIpc) is 3.19. The van der Waals surface area contributed by atoms with E-state index in [-0.39, 0.29) is 5.91 Å². The molecule has 0 atom stereocenters. The van der Waals surface area contributed by atoms with Crippen LogP contribution in [0.5, 0.6) is 0 Å². The number of piperazine rings is 1. The number of hydrogen-bond donors (Lipinski definition) is 0. The molecular formula is C22H23BrN4O2. The van der Waals surface area contributed by atoms with Gasteiger partial charge in [0.25, 0.3) is 0 Å². The number of aryl methyl sites for hydroxylation is 1. The maximum atomic E-state index is 12.6. The molecule has 0 N–H and O–H groups in total. The largest absolute Gasteiger partial charge is 0.419 e. The third kappa shape index (κ3) is 4.92. The van der Waals surface area contributed by atoms with Crippen LogP contribution in [0, 0.1) is 6.92 Å². The molecule has 7 heteroatoms. The van der Waals surface area contributed by atoms with Gasteiger partial charge in [-0.15, -0.1) is 10.2 Å². The van der Waals surface area contributed by atoms with Crippen LogP contribution in [-0.4, -0.2) is 52.1 Å². The minimum Gasteiger partial charge on any atom is -0.419 e. The van der Waals surface area contributed by atoms with Gasteiger partial charge < -0.3 is 9.32 Å². The number of rotatable bonds is 5. The topological polar surface area (TPSA) is 62.5 Å². The minimum absolute atomic E-state index is 0.189. The van der Waals surface area contributed by atoms with E-state index >= 15 is 0 Å². The molecule has 0 aliphatic carbocycles. The Morgan fingerprint density at radius 3 is 2.48 bits per heavy atom. The van der Waals surface area contributed by atoms with Crippen LogP contribution >= 0.6 is 15.9 Å². The third-order valence-electron chi connectivity index (χ3n) is 5.24. The molecule has 3 aromatic rings.